The molecule has 2 N–H and O–H groups in total. The van der Waals surface area contributed by atoms with E-state index in [-0.39, 0.29) is 30.3 Å². The molecule has 0 aromatic heterocycles. The molecule has 6 heteroatoms. The highest BCUT2D eigenvalue weighted by Crippen LogP contribution is 2.34. The highest BCUT2D eigenvalue weighted by Gasteiger charge is 2.43. The average molecular weight is 293 g/mol. The highest BCUT2D eigenvalue weighted by molar-refractivity contribution is 6.04. The van der Waals surface area contributed by atoms with Crippen molar-refractivity contribution in [3.63, 3.8) is 0 Å². The molecular formula is C15H23N3O3. The van der Waals surface area contributed by atoms with Crippen LogP contribution in [0.3, 0.4) is 0 Å². The molecule has 3 aliphatic rings. The molecule has 21 heavy (non-hydrogen) atoms. The van der Waals surface area contributed by atoms with Crippen LogP contribution in [0, 0.1) is 5.92 Å². The Morgan fingerprint density at radius 3 is 2.76 bits per heavy atom. The lowest BCUT2D eigenvalue weighted by Gasteiger charge is -2.35. The maximum Gasteiger partial charge on any atom is 0.249 e. The molecule has 2 saturated heterocycles. The van der Waals surface area contributed by atoms with E-state index in [1.165, 1.54) is 24.2 Å². The SMILES string of the molecule is CCC1C(=O)NC(=O)CN1C(=O)C1CC2CCCCC2N1. The Morgan fingerprint density at radius 1 is 1.29 bits per heavy atom. The predicted molar refractivity (Wildman–Crippen MR) is 76.2 cm³/mol. The van der Waals surface area contributed by atoms with Gasteiger partial charge >= 0.3 is 0 Å². The summed E-state index contributed by atoms with van der Waals surface area (Å²) in [5.41, 5.74) is 0. The van der Waals surface area contributed by atoms with Crippen LogP contribution in [0.15, 0.2) is 0 Å². The molecule has 4 atom stereocenters. The monoisotopic (exact) mass is 293 g/mol. The zero-order chi connectivity index (χ0) is 15.0. The van der Waals surface area contributed by atoms with Crippen molar-refractivity contribution in [1.82, 2.24) is 15.5 Å². The molecule has 2 aliphatic heterocycles. The first-order chi connectivity index (χ1) is 10.1. The molecule has 4 unspecified atom stereocenters. The lowest BCUT2D eigenvalue weighted by atomic mass is 9.85. The van der Waals surface area contributed by atoms with E-state index in [1.54, 1.807) is 0 Å². The molecule has 1 aliphatic carbocycles. The summed E-state index contributed by atoms with van der Waals surface area (Å²) in [6.45, 7) is 1.86. The minimum Gasteiger partial charge on any atom is -0.320 e. The molecule has 3 fully saturated rings. The Labute approximate surface area is 124 Å². The van der Waals surface area contributed by atoms with Gasteiger partial charge in [0.2, 0.25) is 17.7 Å². The Hall–Kier alpha value is -1.43. The Kier molecular flexibility index (Phi) is 3.97. The average Bonchev–Trinajstić information content (AvgIpc) is 2.89. The van der Waals surface area contributed by atoms with Gasteiger partial charge in [0.1, 0.15) is 12.6 Å². The summed E-state index contributed by atoms with van der Waals surface area (Å²) in [7, 11) is 0. The number of rotatable bonds is 2. The van der Waals surface area contributed by atoms with Gasteiger partial charge in [-0.05, 0) is 31.6 Å². The van der Waals surface area contributed by atoms with Gasteiger partial charge in [0.05, 0.1) is 6.04 Å². The summed E-state index contributed by atoms with van der Waals surface area (Å²) >= 11 is 0. The molecule has 0 bridgehead atoms. The minimum atomic E-state index is -0.514. The number of hydrogen-bond donors (Lipinski definition) is 2. The Morgan fingerprint density at radius 2 is 2.05 bits per heavy atom. The van der Waals surface area contributed by atoms with Crippen molar-refractivity contribution in [3.8, 4) is 0 Å². The molecule has 2 heterocycles. The third-order valence-corrected chi connectivity index (χ3v) is 5.09. The highest BCUT2D eigenvalue weighted by atomic mass is 16.2. The van der Waals surface area contributed by atoms with Crippen molar-refractivity contribution in [1.29, 1.82) is 0 Å². The standard InChI is InChI=1S/C15H23N3O3/c1-2-12-14(20)17-13(19)8-18(12)15(21)11-7-9-5-3-4-6-10(9)16-11/h9-12,16H,2-8H2,1H3,(H,17,19,20). The van der Waals surface area contributed by atoms with Crippen molar-refractivity contribution in [3.05, 3.63) is 0 Å². The van der Waals surface area contributed by atoms with Crippen molar-refractivity contribution in [2.45, 2.75) is 63.6 Å². The van der Waals surface area contributed by atoms with Gasteiger partial charge in [-0.3, -0.25) is 19.7 Å². The van der Waals surface area contributed by atoms with Gasteiger partial charge in [0.25, 0.3) is 0 Å². The number of piperazine rings is 1. The number of imide groups is 1. The van der Waals surface area contributed by atoms with Crippen LogP contribution < -0.4 is 10.6 Å². The first-order valence-corrected chi connectivity index (χ1v) is 8.00. The van der Waals surface area contributed by atoms with Crippen LogP contribution in [0.25, 0.3) is 0 Å². The number of hydrogen-bond acceptors (Lipinski definition) is 4. The second-order valence-electron chi connectivity index (χ2n) is 6.41. The van der Waals surface area contributed by atoms with Crippen LogP contribution in [0.4, 0.5) is 0 Å². The summed E-state index contributed by atoms with van der Waals surface area (Å²) in [6.07, 6.45) is 6.14. The number of nitrogens with one attached hydrogen (secondary N) is 2. The summed E-state index contributed by atoms with van der Waals surface area (Å²) in [5.74, 6) is -0.243. The van der Waals surface area contributed by atoms with E-state index >= 15 is 0 Å². The fourth-order valence-corrected chi connectivity index (χ4v) is 4.01. The topological polar surface area (TPSA) is 78.5 Å². The zero-order valence-electron chi connectivity index (χ0n) is 12.4. The van der Waals surface area contributed by atoms with Gasteiger partial charge in [-0.2, -0.15) is 0 Å². The van der Waals surface area contributed by atoms with E-state index in [4.69, 9.17) is 0 Å². The fraction of sp³-hybridized carbons (Fsp3) is 0.800. The van der Waals surface area contributed by atoms with Gasteiger partial charge in [-0.25, -0.2) is 0 Å². The summed E-state index contributed by atoms with van der Waals surface area (Å²) < 4.78 is 0. The van der Waals surface area contributed by atoms with E-state index in [2.05, 4.69) is 10.6 Å². The number of carbonyl (C=O) groups is 3. The van der Waals surface area contributed by atoms with Crippen molar-refractivity contribution in [2.24, 2.45) is 5.92 Å². The van der Waals surface area contributed by atoms with Crippen molar-refractivity contribution >= 4 is 17.7 Å². The molecule has 1 saturated carbocycles. The normalized spacial score (nSPS) is 36.3. The van der Waals surface area contributed by atoms with Gasteiger partial charge in [-0.15, -0.1) is 0 Å². The number of amides is 3. The summed E-state index contributed by atoms with van der Waals surface area (Å²) in [5, 5.41) is 5.74. The van der Waals surface area contributed by atoms with Crippen molar-refractivity contribution in [2.75, 3.05) is 6.54 Å². The molecule has 116 valence electrons. The molecule has 3 amide bonds. The van der Waals surface area contributed by atoms with Gasteiger partial charge < -0.3 is 10.2 Å². The molecule has 0 spiro atoms. The molecule has 0 radical (unpaired) electrons. The van der Waals surface area contributed by atoms with E-state index in [0.29, 0.717) is 18.4 Å². The molecule has 3 rings (SSSR count). The molecule has 0 aromatic carbocycles. The van der Waals surface area contributed by atoms with Gasteiger partial charge in [0, 0.05) is 6.04 Å². The molecular weight excluding hydrogens is 270 g/mol. The smallest absolute Gasteiger partial charge is 0.249 e. The van der Waals surface area contributed by atoms with E-state index in [9.17, 15) is 14.4 Å². The predicted octanol–water partition coefficient (Wildman–Crippen LogP) is 0.171. The van der Waals surface area contributed by atoms with Crippen LogP contribution in [0.1, 0.15) is 45.4 Å². The first kappa shape index (κ1) is 14.5. The van der Waals surface area contributed by atoms with Crippen LogP contribution in [-0.4, -0.2) is 47.3 Å². The van der Waals surface area contributed by atoms with E-state index < -0.39 is 6.04 Å². The Bertz CT molecular complexity index is 451. The van der Waals surface area contributed by atoms with E-state index in [1.807, 2.05) is 6.92 Å². The summed E-state index contributed by atoms with van der Waals surface area (Å²) in [4.78, 5) is 37.6. The van der Waals surface area contributed by atoms with Crippen LogP contribution in [-0.2, 0) is 14.4 Å². The third-order valence-electron chi connectivity index (χ3n) is 5.09. The third kappa shape index (κ3) is 2.69. The van der Waals surface area contributed by atoms with Crippen molar-refractivity contribution < 1.29 is 14.4 Å². The first-order valence-electron chi connectivity index (χ1n) is 8.00. The number of fused-ring (bicyclic) bond motifs is 1. The van der Waals surface area contributed by atoms with Gasteiger partial charge in [-0.1, -0.05) is 19.8 Å². The quantitative estimate of drug-likeness (QED) is 0.712. The maximum absolute atomic E-state index is 12.7. The van der Waals surface area contributed by atoms with Crippen LogP contribution in [0.2, 0.25) is 0 Å². The minimum absolute atomic E-state index is 0.00338. The Balaban J connectivity index is 1.71. The molecule has 0 aromatic rings. The number of nitrogens with zero attached hydrogens (tertiary/aromatic N) is 1. The fourth-order valence-electron chi connectivity index (χ4n) is 4.01. The molecule has 6 nitrogen and oxygen atoms in total. The van der Waals surface area contributed by atoms with Crippen LogP contribution >= 0.6 is 0 Å². The summed E-state index contributed by atoms with van der Waals surface area (Å²) in [6, 6.07) is -0.312. The maximum atomic E-state index is 12.7. The van der Waals surface area contributed by atoms with Gasteiger partial charge in [0.15, 0.2) is 0 Å². The second-order valence-corrected chi connectivity index (χ2v) is 6.41. The lowest BCUT2D eigenvalue weighted by molar-refractivity contribution is -0.151. The lowest BCUT2D eigenvalue weighted by Crippen LogP contribution is -2.62. The van der Waals surface area contributed by atoms with Crippen LogP contribution in [0.5, 0.6) is 0 Å². The van der Waals surface area contributed by atoms with E-state index in [0.717, 1.165) is 12.8 Å². The number of carbonyl (C=O) groups excluding carboxylic acids is 3. The zero-order valence-corrected chi connectivity index (χ0v) is 12.4. The largest absolute Gasteiger partial charge is 0.320 e. The second kappa shape index (κ2) is 5.75.